The first kappa shape index (κ1) is 8.84. The number of hydrogen-bond donors (Lipinski definition) is 0. The van der Waals surface area contributed by atoms with E-state index in [2.05, 4.69) is 5.92 Å². The molecule has 1 aliphatic heterocycles. The topological polar surface area (TPSA) is 26.3 Å². The summed E-state index contributed by atoms with van der Waals surface area (Å²) in [4.78, 5) is 0. The van der Waals surface area contributed by atoms with Gasteiger partial charge in [-0.05, 0) is 5.92 Å². The molecule has 3 heteroatoms. The van der Waals surface area contributed by atoms with Crippen LogP contribution in [0.1, 0.15) is 6.92 Å². The maximum atomic E-state index is 11.6. The highest BCUT2D eigenvalue weighted by Crippen LogP contribution is 2.56. The molecule has 1 saturated heterocycles. The molecule has 3 atom stereocenters. The second-order valence-corrected chi connectivity index (χ2v) is 5.84. The van der Waals surface area contributed by atoms with Gasteiger partial charge >= 0.3 is 0 Å². The van der Waals surface area contributed by atoms with E-state index in [0.29, 0.717) is 18.2 Å². The third-order valence-electron chi connectivity index (χ3n) is 2.27. The van der Waals surface area contributed by atoms with E-state index >= 15 is 0 Å². The summed E-state index contributed by atoms with van der Waals surface area (Å²) in [5.74, 6) is 3.16. The van der Waals surface area contributed by atoms with Crippen molar-refractivity contribution in [3.63, 3.8) is 0 Å². The molecule has 11 heavy (non-hydrogen) atoms. The molecule has 1 fully saturated rings. The van der Waals surface area contributed by atoms with E-state index in [1.54, 1.807) is 0 Å². The van der Waals surface area contributed by atoms with Crippen molar-refractivity contribution < 1.29 is 9.09 Å². The molecule has 0 spiro atoms. The Hall–Kier alpha value is -0.250. The predicted octanol–water partition coefficient (Wildman–Crippen LogP) is 1.81. The zero-order valence-electron chi connectivity index (χ0n) is 6.91. The molecular formula is C8H13O2P. The van der Waals surface area contributed by atoms with E-state index in [1.165, 1.54) is 7.11 Å². The predicted molar refractivity (Wildman–Crippen MR) is 45.8 cm³/mol. The van der Waals surface area contributed by atoms with Crippen molar-refractivity contribution >= 4 is 7.37 Å². The van der Waals surface area contributed by atoms with Crippen LogP contribution in [0, 0.1) is 24.2 Å². The Morgan fingerprint density at radius 2 is 2.27 bits per heavy atom. The van der Waals surface area contributed by atoms with E-state index in [1.807, 2.05) is 6.92 Å². The number of hydrogen-bond acceptors (Lipinski definition) is 2. The van der Waals surface area contributed by atoms with Gasteiger partial charge in [-0.15, -0.1) is 12.3 Å². The highest BCUT2D eigenvalue weighted by Gasteiger charge is 2.38. The maximum Gasteiger partial charge on any atom is 0.204 e. The zero-order valence-corrected chi connectivity index (χ0v) is 7.80. The Bertz CT molecular complexity index is 229. The molecule has 1 aliphatic rings. The van der Waals surface area contributed by atoms with Crippen molar-refractivity contribution in [2.75, 3.05) is 19.4 Å². The zero-order chi connectivity index (χ0) is 8.48. The fraction of sp³-hybridized carbons (Fsp3) is 0.750. The molecule has 1 rings (SSSR count). The van der Waals surface area contributed by atoms with Crippen LogP contribution in [-0.4, -0.2) is 19.4 Å². The minimum atomic E-state index is -2.32. The van der Waals surface area contributed by atoms with Crippen molar-refractivity contribution in [3.05, 3.63) is 0 Å². The molecule has 3 unspecified atom stereocenters. The van der Waals surface area contributed by atoms with Gasteiger partial charge in [0.2, 0.25) is 7.37 Å². The van der Waals surface area contributed by atoms with Gasteiger partial charge in [0.1, 0.15) is 0 Å². The second kappa shape index (κ2) is 3.01. The van der Waals surface area contributed by atoms with Gasteiger partial charge < -0.3 is 4.52 Å². The molecule has 62 valence electrons. The molecule has 0 saturated carbocycles. The molecule has 1 heterocycles. The quantitative estimate of drug-likeness (QED) is 0.445. The van der Waals surface area contributed by atoms with E-state index in [-0.39, 0.29) is 5.92 Å². The first-order valence-electron chi connectivity index (χ1n) is 3.71. The van der Waals surface area contributed by atoms with Crippen molar-refractivity contribution in [1.82, 2.24) is 0 Å². The van der Waals surface area contributed by atoms with Crippen molar-refractivity contribution in [3.8, 4) is 12.3 Å². The Morgan fingerprint density at radius 1 is 1.64 bits per heavy atom. The van der Waals surface area contributed by atoms with Gasteiger partial charge in [0.15, 0.2) is 0 Å². The summed E-state index contributed by atoms with van der Waals surface area (Å²) >= 11 is 0. The molecule has 0 aliphatic carbocycles. The van der Waals surface area contributed by atoms with Crippen LogP contribution in [0.3, 0.4) is 0 Å². The molecule has 0 radical (unpaired) electrons. The van der Waals surface area contributed by atoms with Gasteiger partial charge in [-0.25, -0.2) is 0 Å². The van der Waals surface area contributed by atoms with Crippen LogP contribution in [0.15, 0.2) is 0 Å². The molecule has 0 amide bonds. The van der Waals surface area contributed by atoms with E-state index in [9.17, 15) is 4.57 Å². The van der Waals surface area contributed by atoms with Crippen LogP contribution in [0.4, 0.5) is 0 Å². The summed E-state index contributed by atoms with van der Waals surface area (Å²) in [7, 11) is -0.816. The summed E-state index contributed by atoms with van der Waals surface area (Å²) < 4.78 is 16.6. The average molecular weight is 172 g/mol. The van der Waals surface area contributed by atoms with Crippen molar-refractivity contribution in [2.24, 2.45) is 11.8 Å². The summed E-state index contributed by atoms with van der Waals surface area (Å²) in [5.41, 5.74) is 0. The fourth-order valence-electron chi connectivity index (χ4n) is 1.49. The number of terminal acetylenes is 1. The highest BCUT2D eigenvalue weighted by molar-refractivity contribution is 7.59. The van der Waals surface area contributed by atoms with Gasteiger partial charge in [-0.3, -0.25) is 4.57 Å². The number of rotatable bonds is 1. The van der Waals surface area contributed by atoms with Crippen LogP contribution >= 0.6 is 7.37 Å². The van der Waals surface area contributed by atoms with Gasteiger partial charge in [-0.1, -0.05) is 6.92 Å². The van der Waals surface area contributed by atoms with E-state index in [4.69, 9.17) is 10.9 Å². The van der Waals surface area contributed by atoms with Crippen LogP contribution < -0.4 is 0 Å². The summed E-state index contributed by atoms with van der Waals surface area (Å²) in [5, 5.41) is 0. The molecule has 0 aromatic rings. The lowest BCUT2D eigenvalue weighted by atomic mass is 10.00. The van der Waals surface area contributed by atoms with Gasteiger partial charge in [0, 0.05) is 25.4 Å². The van der Waals surface area contributed by atoms with Crippen LogP contribution in [-0.2, 0) is 9.09 Å². The van der Waals surface area contributed by atoms with E-state index in [0.717, 1.165) is 0 Å². The first-order chi connectivity index (χ1) is 5.11. The first-order valence-corrected chi connectivity index (χ1v) is 5.71. The molecule has 2 nitrogen and oxygen atoms in total. The van der Waals surface area contributed by atoms with Gasteiger partial charge in [0.05, 0.1) is 0 Å². The minimum Gasteiger partial charge on any atom is -0.332 e. The maximum absolute atomic E-state index is 11.6. The Morgan fingerprint density at radius 3 is 2.55 bits per heavy atom. The molecule has 0 aromatic carbocycles. The Balaban J connectivity index is 2.72. The fourth-order valence-corrected chi connectivity index (χ4v) is 4.13. The molecule has 0 aromatic heterocycles. The molecule has 0 N–H and O–H groups in total. The van der Waals surface area contributed by atoms with Crippen LogP contribution in [0.5, 0.6) is 0 Å². The Labute approximate surface area is 67.8 Å². The van der Waals surface area contributed by atoms with Gasteiger partial charge in [-0.2, -0.15) is 0 Å². The van der Waals surface area contributed by atoms with E-state index < -0.39 is 7.37 Å². The molecule has 0 bridgehead atoms. The van der Waals surface area contributed by atoms with Crippen molar-refractivity contribution in [2.45, 2.75) is 6.92 Å². The van der Waals surface area contributed by atoms with Crippen molar-refractivity contribution in [1.29, 1.82) is 0 Å². The third-order valence-corrected chi connectivity index (χ3v) is 5.02. The molecular weight excluding hydrogens is 159 g/mol. The monoisotopic (exact) mass is 172 g/mol. The lowest BCUT2D eigenvalue weighted by molar-refractivity contribution is 0.397. The lowest BCUT2D eigenvalue weighted by Crippen LogP contribution is -2.04. The Kier molecular flexibility index (Phi) is 2.42. The van der Waals surface area contributed by atoms with Crippen LogP contribution in [0.2, 0.25) is 0 Å². The lowest BCUT2D eigenvalue weighted by Gasteiger charge is -2.06. The third kappa shape index (κ3) is 1.67. The largest absolute Gasteiger partial charge is 0.332 e. The normalized spacial score (nSPS) is 43.7. The van der Waals surface area contributed by atoms with Crippen LogP contribution in [0.25, 0.3) is 0 Å². The summed E-state index contributed by atoms with van der Waals surface area (Å²) in [6.45, 7) is 2.03. The summed E-state index contributed by atoms with van der Waals surface area (Å²) in [6, 6.07) is 0. The highest BCUT2D eigenvalue weighted by atomic mass is 31.2. The average Bonchev–Trinajstić information content (AvgIpc) is 2.27. The summed E-state index contributed by atoms with van der Waals surface area (Å²) in [6.07, 6.45) is 6.50. The smallest absolute Gasteiger partial charge is 0.204 e. The standard InChI is InChI=1S/C8H13O2P/c1-4-8-6-11(9,10-3)5-7(8)2/h1,7-8H,5-6H2,2-3H3. The second-order valence-electron chi connectivity index (χ2n) is 3.11. The van der Waals surface area contributed by atoms with Gasteiger partial charge in [0.25, 0.3) is 0 Å². The minimum absolute atomic E-state index is 0.154. The SMILES string of the molecule is C#CC1CP(=O)(OC)CC1C.